The Labute approximate surface area is 135 Å². The van der Waals surface area contributed by atoms with Gasteiger partial charge in [0.05, 0.1) is 6.61 Å². The molecule has 3 rings (SSSR count). The molecule has 124 valence electrons. The molecule has 2 aliphatic rings. The third-order valence-corrected chi connectivity index (χ3v) is 4.55. The summed E-state index contributed by atoms with van der Waals surface area (Å²) in [5.41, 5.74) is 0. The lowest BCUT2D eigenvalue weighted by Gasteiger charge is -2.40. The number of piperazine rings is 1. The Hall–Kier alpha value is -2.11. The number of rotatable bonds is 5. The number of carbonyl (C=O) groups excluding carboxylic acids is 2. The van der Waals surface area contributed by atoms with Crippen molar-refractivity contribution >= 4 is 11.8 Å². The molecule has 2 amide bonds. The van der Waals surface area contributed by atoms with Gasteiger partial charge >= 0.3 is 0 Å². The fourth-order valence-corrected chi connectivity index (χ4v) is 3.30. The normalized spacial score (nSPS) is 24.1. The Morgan fingerprint density at radius 3 is 2.70 bits per heavy atom. The first-order chi connectivity index (χ1) is 11.1. The summed E-state index contributed by atoms with van der Waals surface area (Å²) >= 11 is 0. The van der Waals surface area contributed by atoms with E-state index < -0.39 is 6.04 Å². The molecule has 0 saturated carbocycles. The van der Waals surface area contributed by atoms with E-state index in [9.17, 15) is 14.0 Å². The Morgan fingerprint density at radius 2 is 1.96 bits per heavy atom. The van der Waals surface area contributed by atoms with E-state index in [1.165, 1.54) is 12.1 Å². The van der Waals surface area contributed by atoms with E-state index >= 15 is 0 Å². The molecule has 0 unspecified atom stereocenters. The minimum absolute atomic E-state index is 0.0477. The second-order valence-electron chi connectivity index (χ2n) is 6.05. The molecule has 1 aromatic rings. The smallest absolute Gasteiger partial charge is 0.246 e. The largest absolute Gasteiger partial charge is 0.494 e. The Bertz CT molecular complexity index is 590. The molecule has 0 aromatic heterocycles. The number of ether oxygens (including phenoxy) is 1. The van der Waals surface area contributed by atoms with Crippen molar-refractivity contribution in [2.45, 2.75) is 38.3 Å². The van der Waals surface area contributed by atoms with Crippen molar-refractivity contribution in [3.8, 4) is 5.75 Å². The van der Waals surface area contributed by atoms with Gasteiger partial charge in [-0.3, -0.25) is 9.59 Å². The van der Waals surface area contributed by atoms with Crippen molar-refractivity contribution in [3.63, 3.8) is 0 Å². The summed E-state index contributed by atoms with van der Waals surface area (Å²) in [6.45, 7) is 3.40. The van der Waals surface area contributed by atoms with Gasteiger partial charge < -0.3 is 14.5 Å². The predicted octanol–water partition coefficient (Wildman–Crippen LogP) is 1.82. The van der Waals surface area contributed by atoms with Gasteiger partial charge in [0.15, 0.2) is 0 Å². The highest BCUT2D eigenvalue weighted by molar-refractivity contribution is 5.97. The number of fused-ring (bicyclic) bond motifs is 1. The number of benzene rings is 1. The van der Waals surface area contributed by atoms with Crippen molar-refractivity contribution in [1.82, 2.24) is 9.80 Å². The van der Waals surface area contributed by atoms with Crippen LogP contribution in [0.25, 0.3) is 0 Å². The van der Waals surface area contributed by atoms with E-state index in [-0.39, 0.29) is 23.7 Å². The molecule has 2 fully saturated rings. The Balaban J connectivity index is 1.52. The molecule has 6 heteroatoms. The van der Waals surface area contributed by atoms with Crippen LogP contribution in [0, 0.1) is 5.82 Å². The maximum atomic E-state index is 12.8. The van der Waals surface area contributed by atoms with E-state index in [0.29, 0.717) is 31.9 Å². The van der Waals surface area contributed by atoms with Gasteiger partial charge in [-0.2, -0.15) is 0 Å². The Morgan fingerprint density at radius 1 is 1.22 bits per heavy atom. The number of nitrogens with zero attached hydrogens (tertiary/aromatic N) is 2. The van der Waals surface area contributed by atoms with E-state index in [1.54, 1.807) is 28.9 Å². The van der Waals surface area contributed by atoms with Gasteiger partial charge in [-0.15, -0.1) is 0 Å². The van der Waals surface area contributed by atoms with Crippen molar-refractivity contribution < 1.29 is 18.7 Å². The summed E-state index contributed by atoms with van der Waals surface area (Å²) in [5.74, 6) is 0.398. The van der Waals surface area contributed by atoms with Crippen LogP contribution in [-0.4, -0.2) is 53.4 Å². The number of carbonyl (C=O) groups is 2. The maximum absolute atomic E-state index is 12.8. The molecule has 5 nitrogen and oxygen atoms in total. The van der Waals surface area contributed by atoms with E-state index in [1.807, 2.05) is 0 Å². The van der Waals surface area contributed by atoms with Crippen LogP contribution < -0.4 is 4.74 Å². The molecule has 2 saturated heterocycles. The summed E-state index contributed by atoms with van der Waals surface area (Å²) in [6, 6.07) is 5.17. The third kappa shape index (κ3) is 3.16. The zero-order chi connectivity index (χ0) is 16.4. The quantitative estimate of drug-likeness (QED) is 0.778. The highest BCUT2D eigenvalue weighted by Gasteiger charge is 2.45. The second-order valence-corrected chi connectivity index (χ2v) is 6.05. The van der Waals surface area contributed by atoms with Gasteiger partial charge in [-0.1, -0.05) is 0 Å². The van der Waals surface area contributed by atoms with Gasteiger partial charge in [-0.05, 0) is 50.5 Å². The van der Waals surface area contributed by atoms with Gasteiger partial charge in [-0.25, -0.2) is 4.39 Å². The minimum atomic E-state index is -0.400. The molecule has 0 aliphatic carbocycles. The first-order valence-electron chi connectivity index (χ1n) is 8.07. The van der Waals surface area contributed by atoms with Crippen LogP contribution in [0.5, 0.6) is 5.75 Å². The van der Waals surface area contributed by atoms with Gasteiger partial charge in [0.1, 0.15) is 23.7 Å². The molecule has 0 N–H and O–H groups in total. The molecule has 1 aromatic carbocycles. The van der Waals surface area contributed by atoms with Crippen LogP contribution in [0.1, 0.15) is 26.2 Å². The minimum Gasteiger partial charge on any atom is -0.494 e. The standard InChI is InChI=1S/C17H21FN2O3/c1-12-16(21)20-9-2-4-15(20)17(22)19(12)10-3-11-23-14-7-5-13(18)6-8-14/h5-8,12,15H,2-4,9-11H2,1H3/t12-,15+/m0/s1. The second kappa shape index (κ2) is 6.56. The monoisotopic (exact) mass is 320 g/mol. The highest BCUT2D eigenvalue weighted by atomic mass is 19.1. The lowest BCUT2D eigenvalue weighted by atomic mass is 10.1. The number of hydrogen-bond acceptors (Lipinski definition) is 3. The van der Waals surface area contributed by atoms with Gasteiger partial charge in [0, 0.05) is 13.1 Å². The zero-order valence-electron chi connectivity index (χ0n) is 13.2. The van der Waals surface area contributed by atoms with Crippen molar-refractivity contribution in [2.75, 3.05) is 19.7 Å². The molecule has 0 radical (unpaired) electrons. The molecule has 2 atom stereocenters. The highest BCUT2D eigenvalue weighted by Crippen LogP contribution is 2.26. The fourth-order valence-electron chi connectivity index (χ4n) is 3.30. The van der Waals surface area contributed by atoms with Crippen LogP contribution in [0.15, 0.2) is 24.3 Å². The average molecular weight is 320 g/mol. The van der Waals surface area contributed by atoms with Crippen LogP contribution >= 0.6 is 0 Å². The summed E-state index contributed by atoms with van der Waals surface area (Å²) in [7, 11) is 0. The Kier molecular flexibility index (Phi) is 4.50. The maximum Gasteiger partial charge on any atom is 0.246 e. The molecule has 0 bridgehead atoms. The van der Waals surface area contributed by atoms with Crippen LogP contribution in [-0.2, 0) is 9.59 Å². The lowest BCUT2D eigenvalue weighted by Crippen LogP contribution is -2.61. The summed E-state index contributed by atoms with van der Waals surface area (Å²) in [4.78, 5) is 28.2. The van der Waals surface area contributed by atoms with Crippen molar-refractivity contribution in [2.24, 2.45) is 0 Å². The number of halogens is 1. The molecule has 23 heavy (non-hydrogen) atoms. The molecular formula is C17H21FN2O3. The van der Waals surface area contributed by atoms with E-state index in [0.717, 1.165) is 12.8 Å². The lowest BCUT2D eigenvalue weighted by molar-refractivity contribution is -0.158. The van der Waals surface area contributed by atoms with Crippen LogP contribution in [0.3, 0.4) is 0 Å². The zero-order valence-corrected chi connectivity index (χ0v) is 13.2. The van der Waals surface area contributed by atoms with Crippen LogP contribution in [0.4, 0.5) is 4.39 Å². The molecule has 2 aliphatic heterocycles. The van der Waals surface area contributed by atoms with Gasteiger partial charge in [0.25, 0.3) is 0 Å². The van der Waals surface area contributed by atoms with Crippen LogP contribution in [0.2, 0.25) is 0 Å². The predicted molar refractivity (Wildman–Crippen MR) is 82.4 cm³/mol. The average Bonchev–Trinajstić information content (AvgIpc) is 3.04. The first-order valence-corrected chi connectivity index (χ1v) is 8.07. The first kappa shape index (κ1) is 15.8. The SMILES string of the molecule is C[C@H]1C(=O)N2CCC[C@@H]2C(=O)N1CCCOc1ccc(F)cc1. The molecule has 2 heterocycles. The van der Waals surface area contributed by atoms with Crippen molar-refractivity contribution in [3.05, 3.63) is 30.1 Å². The number of amides is 2. The molecular weight excluding hydrogens is 299 g/mol. The van der Waals surface area contributed by atoms with Gasteiger partial charge in [0.2, 0.25) is 11.8 Å². The topological polar surface area (TPSA) is 49.9 Å². The molecule has 0 spiro atoms. The summed E-state index contributed by atoms with van der Waals surface area (Å²) in [6.07, 6.45) is 2.30. The van der Waals surface area contributed by atoms with E-state index in [2.05, 4.69) is 0 Å². The third-order valence-electron chi connectivity index (χ3n) is 4.55. The van der Waals surface area contributed by atoms with E-state index in [4.69, 9.17) is 4.74 Å². The number of hydrogen-bond donors (Lipinski definition) is 0. The summed E-state index contributed by atoms with van der Waals surface area (Å²) in [5, 5.41) is 0. The summed E-state index contributed by atoms with van der Waals surface area (Å²) < 4.78 is 18.3. The fraction of sp³-hybridized carbons (Fsp3) is 0.529. The van der Waals surface area contributed by atoms with Crippen molar-refractivity contribution in [1.29, 1.82) is 0 Å².